The standard InChI is InChI=1S/C14H15F2NO3S/c1-8-5-17(6-10(8)14(19)20)13(18)7-21-12-3-2-9(15)4-11(12)16/h2-4,8,10H,5-7H2,1H3,(H,19,20). The molecule has 1 aliphatic rings. The molecule has 0 bridgehead atoms. The Balaban J connectivity index is 1.92. The number of benzene rings is 1. The fraction of sp³-hybridized carbons (Fsp3) is 0.429. The van der Waals surface area contributed by atoms with Crippen LogP contribution < -0.4 is 0 Å². The fourth-order valence-electron chi connectivity index (χ4n) is 2.31. The van der Waals surface area contributed by atoms with Crippen molar-refractivity contribution < 1.29 is 23.5 Å². The third-order valence-corrected chi connectivity index (χ3v) is 4.56. The lowest BCUT2D eigenvalue weighted by Crippen LogP contribution is -2.31. The van der Waals surface area contributed by atoms with Gasteiger partial charge in [-0.25, -0.2) is 8.78 Å². The van der Waals surface area contributed by atoms with Gasteiger partial charge in [0.2, 0.25) is 5.91 Å². The molecule has 1 aliphatic heterocycles. The summed E-state index contributed by atoms with van der Waals surface area (Å²) in [6, 6.07) is 3.19. The van der Waals surface area contributed by atoms with Gasteiger partial charge in [0.15, 0.2) is 0 Å². The number of rotatable bonds is 4. The molecule has 1 fully saturated rings. The van der Waals surface area contributed by atoms with Gasteiger partial charge >= 0.3 is 5.97 Å². The minimum Gasteiger partial charge on any atom is -0.481 e. The molecule has 0 spiro atoms. The summed E-state index contributed by atoms with van der Waals surface area (Å²) in [6.07, 6.45) is 0. The average Bonchev–Trinajstić information content (AvgIpc) is 2.80. The number of carboxylic acid groups (broad SMARTS) is 1. The molecule has 2 unspecified atom stereocenters. The second-order valence-electron chi connectivity index (χ2n) is 5.08. The van der Waals surface area contributed by atoms with Crippen molar-refractivity contribution in [3.05, 3.63) is 29.8 Å². The molecule has 1 amide bonds. The third-order valence-electron chi connectivity index (χ3n) is 3.53. The number of hydrogen-bond acceptors (Lipinski definition) is 3. The second-order valence-corrected chi connectivity index (χ2v) is 6.10. The first-order valence-corrected chi connectivity index (χ1v) is 7.45. The van der Waals surface area contributed by atoms with Crippen molar-refractivity contribution in [2.24, 2.45) is 11.8 Å². The maximum Gasteiger partial charge on any atom is 0.308 e. The molecule has 0 saturated carbocycles. The van der Waals surface area contributed by atoms with Crippen LogP contribution in [0.1, 0.15) is 6.92 Å². The molecule has 1 saturated heterocycles. The van der Waals surface area contributed by atoms with Gasteiger partial charge in [-0.2, -0.15) is 0 Å². The highest BCUT2D eigenvalue weighted by atomic mass is 32.2. The van der Waals surface area contributed by atoms with Crippen LogP contribution in [-0.4, -0.2) is 40.7 Å². The van der Waals surface area contributed by atoms with Crippen LogP contribution in [0.3, 0.4) is 0 Å². The molecule has 21 heavy (non-hydrogen) atoms. The van der Waals surface area contributed by atoms with E-state index >= 15 is 0 Å². The zero-order valence-corrected chi connectivity index (χ0v) is 12.2. The lowest BCUT2D eigenvalue weighted by atomic mass is 9.99. The van der Waals surface area contributed by atoms with Crippen LogP contribution in [0.25, 0.3) is 0 Å². The van der Waals surface area contributed by atoms with E-state index in [0.29, 0.717) is 6.54 Å². The molecule has 2 atom stereocenters. The number of carbonyl (C=O) groups is 2. The molecule has 1 N–H and O–H groups in total. The van der Waals surface area contributed by atoms with Gasteiger partial charge in [-0.1, -0.05) is 6.92 Å². The number of nitrogens with zero attached hydrogens (tertiary/aromatic N) is 1. The predicted octanol–water partition coefficient (Wildman–Crippen LogP) is 2.24. The highest BCUT2D eigenvalue weighted by Gasteiger charge is 2.36. The SMILES string of the molecule is CC1CN(C(=O)CSc2ccc(F)cc2F)CC1C(=O)O. The van der Waals surface area contributed by atoms with E-state index in [9.17, 15) is 18.4 Å². The number of carbonyl (C=O) groups excluding carboxylic acids is 1. The number of thioether (sulfide) groups is 1. The molecular weight excluding hydrogens is 300 g/mol. The lowest BCUT2D eigenvalue weighted by molar-refractivity contribution is -0.142. The van der Waals surface area contributed by atoms with Crippen LogP contribution in [0.2, 0.25) is 0 Å². The number of likely N-dealkylation sites (tertiary alicyclic amines) is 1. The van der Waals surface area contributed by atoms with E-state index < -0.39 is 23.5 Å². The van der Waals surface area contributed by atoms with Crippen molar-refractivity contribution in [1.82, 2.24) is 4.90 Å². The Morgan fingerprint density at radius 2 is 2.10 bits per heavy atom. The smallest absolute Gasteiger partial charge is 0.308 e. The summed E-state index contributed by atoms with van der Waals surface area (Å²) in [4.78, 5) is 24.7. The first-order valence-electron chi connectivity index (χ1n) is 6.47. The summed E-state index contributed by atoms with van der Waals surface area (Å²) in [5.74, 6) is -3.16. The first kappa shape index (κ1) is 15.8. The molecule has 0 aromatic heterocycles. The first-order chi connectivity index (χ1) is 9.88. The molecule has 1 aromatic carbocycles. The molecule has 0 radical (unpaired) electrons. The number of carboxylic acids is 1. The summed E-state index contributed by atoms with van der Waals surface area (Å²) in [5.41, 5.74) is 0. The molecule has 2 rings (SSSR count). The van der Waals surface area contributed by atoms with Gasteiger partial charge in [0.25, 0.3) is 0 Å². The van der Waals surface area contributed by atoms with Crippen molar-refractivity contribution in [3.8, 4) is 0 Å². The Labute approximate surface area is 125 Å². The average molecular weight is 315 g/mol. The predicted molar refractivity (Wildman–Crippen MR) is 74.0 cm³/mol. The topological polar surface area (TPSA) is 57.6 Å². The maximum absolute atomic E-state index is 13.4. The molecule has 7 heteroatoms. The van der Waals surface area contributed by atoms with Crippen molar-refractivity contribution in [3.63, 3.8) is 0 Å². The largest absolute Gasteiger partial charge is 0.481 e. The van der Waals surface area contributed by atoms with E-state index in [2.05, 4.69) is 0 Å². The van der Waals surface area contributed by atoms with Crippen LogP contribution >= 0.6 is 11.8 Å². The Bertz CT molecular complexity index is 567. The van der Waals surface area contributed by atoms with Gasteiger partial charge < -0.3 is 10.0 Å². The fourth-order valence-corrected chi connectivity index (χ4v) is 3.14. The van der Waals surface area contributed by atoms with E-state index in [1.54, 1.807) is 6.92 Å². The van der Waals surface area contributed by atoms with Gasteiger partial charge in [-0.05, 0) is 18.1 Å². The summed E-state index contributed by atoms with van der Waals surface area (Å²) in [7, 11) is 0. The summed E-state index contributed by atoms with van der Waals surface area (Å²) < 4.78 is 26.2. The van der Waals surface area contributed by atoms with Crippen molar-refractivity contribution >= 4 is 23.6 Å². The van der Waals surface area contributed by atoms with Crippen LogP contribution in [0.4, 0.5) is 8.78 Å². The minimum atomic E-state index is -0.907. The monoisotopic (exact) mass is 315 g/mol. The quantitative estimate of drug-likeness (QED) is 0.866. The maximum atomic E-state index is 13.4. The third kappa shape index (κ3) is 3.72. The summed E-state index contributed by atoms with van der Waals surface area (Å²) >= 11 is 0.981. The van der Waals surface area contributed by atoms with Crippen LogP contribution in [0.5, 0.6) is 0 Å². The van der Waals surface area contributed by atoms with Crippen LogP contribution in [-0.2, 0) is 9.59 Å². The Kier molecular flexibility index (Phi) is 4.82. The molecule has 1 aromatic rings. The van der Waals surface area contributed by atoms with E-state index in [1.165, 1.54) is 11.0 Å². The van der Waals surface area contributed by atoms with Crippen molar-refractivity contribution in [2.45, 2.75) is 11.8 Å². The van der Waals surface area contributed by atoms with Crippen molar-refractivity contribution in [2.75, 3.05) is 18.8 Å². The normalized spacial score (nSPS) is 21.6. The van der Waals surface area contributed by atoms with Crippen LogP contribution in [0.15, 0.2) is 23.1 Å². The lowest BCUT2D eigenvalue weighted by Gasteiger charge is -2.15. The number of amides is 1. The zero-order valence-electron chi connectivity index (χ0n) is 11.4. The number of hydrogen-bond donors (Lipinski definition) is 1. The zero-order chi connectivity index (χ0) is 15.6. The second kappa shape index (κ2) is 6.43. The van der Waals surface area contributed by atoms with E-state index in [4.69, 9.17) is 5.11 Å². The highest BCUT2D eigenvalue weighted by Crippen LogP contribution is 2.26. The van der Waals surface area contributed by atoms with E-state index in [0.717, 1.165) is 23.9 Å². The summed E-state index contributed by atoms with van der Waals surface area (Å²) in [6.45, 7) is 2.36. The van der Waals surface area contributed by atoms with Gasteiger partial charge in [-0.15, -0.1) is 11.8 Å². The summed E-state index contributed by atoms with van der Waals surface area (Å²) in [5, 5.41) is 9.03. The number of aliphatic carboxylic acids is 1. The van der Waals surface area contributed by atoms with E-state index in [-0.39, 0.29) is 29.0 Å². The van der Waals surface area contributed by atoms with Gasteiger partial charge in [-0.3, -0.25) is 9.59 Å². The van der Waals surface area contributed by atoms with Crippen LogP contribution in [0, 0.1) is 23.5 Å². The van der Waals surface area contributed by atoms with Crippen molar-refractivity contribution in [1.29, 1.82) is 0 Å². The molecule has 1 heterocycles. The number of halogens is 2. The molecule has 114 valence electrons. The van der Waals surface area contributed by atoms with Gasteiger partial charge in [0.05, 0.1) is 11.7 Å². The molecule has 4 nitrogen and oxygen atoms in total. The van der Waals surface area contributed by atoms with Gasteiger partial charge in [0.1, 0.15) is 11.6 Å². The molecular formula is C14H15F2NO3S. The Morgan fingerprint density at radius 3 is 2.67 bits per heavy atom. The minimum absolute atomic E-state index is 0.00160. The van der Waals surface area contributed by atoms with Gasteiger partial charge in [0, 0.05) is 24.1 Å². The molecule has 0 aliphatic carbocycles. The Morgan fingerprint density at radius 1 is 1.38 bits per heavy atom. The Hall–Kier alpha value is -1.63. The van der Waals surface area contributed by atoms with E-state index in [1.807, 2.05) is 0 Å². The highest BCUT2D eigenvalue weighted by molar-refractivity contribution is 8.00.